The number of hydroxylamine groups is 2. The van der Waals surface area contributed by atoms with Crippen LogP contribution in [0.15, 0.2) is 0 Å². The maximum atomic E-state index is 10.6. The molecule has 0 saturated carbocycles. The molecule has 0 aromatic carbocycles. The molecule has 1 saturated heterocycles. The molecular weight excluding hydrogens is 160 g/mol. The van der Waals surface area contributed by atoms with Gasteiger partial charge in [0.05, 0.1) is 0 Å². The molecule has 1 N–H and O–H groups in total. The smallest absolute Gasteiger partial charge is 0.350 e. The quantitative estimate of drug-likeness (QED) is 0.563. The summed E-state index contributed by atoms with van der Waals surface area (Å²) in [7, 11) is 2.02. The van der Waals surface area contributed by atoms with E-state index >= 15 is 0 Å². The Labute approximate surface area is 71.5 Å². The molecule has 0 spiro atoms. The van der Waals surface area contributed by atoms with Crippen LogP contribution in [0.4, 0.5) is 0 Å². The Kier molecular flexibility index (Phi) is 3.46. The Bertz CT molecular complexity index is 155. The molecule has 0 radical (unpaired) electrons. The number of likely N-dealkylation sites (N-methyl/N-ethyl adjacent to an activating group) is 1. The minimum absolute atomic E-state index is 0.549. The molecule has 0 aliphatic carbocycles. The zero-order chi connectivity index (χ0) is 8.97. The topological polar surface area (TPSA) is 53.0 Å². The van der Waals surface area contributed by atoms with Crippen molar-refractivity contribution >= 4 is 5.97 Å². The molecule has 70 valence electrons. The molecule has 0 atom stereocenters. The number of carbonyl (C=O) groups excluding carboxylic acids is 1. The van der Waals surface area contributed by atoms with Gasteiger partial charge in [-0.15, -0.1) is 5.06 Å². The first-order valence-electron chi connectivity index (χ1n) is 3.97. The molecule has 5 nitrogen and oxygen atoms in total. The molecule has 12 heavy (non-hydrogen) atoms. The molecule has 1 rings (SSSR count). The number of hydrogen-bond acceptors (Lipinski definition) is 5. The molecule has 1 aliphatic rings. The Balaban J connectivity index is 2.21. The normalized spacial score (nSPS) is 20.8. The highest BCUT2D eigenvalue weighted by atomic mass is 16.7. The first-order valence-corrected chi connectivity index (χ1v) is 3.97. The van der Waals surface area contributed by atoms with E-state index in [1.54, 1.807) is 5.06 Å². The van der Waals surface area contributed by atoms with Crippen LogP contribution >= 0.6 is 0 Å². The number of rotatable bonds is 2. The molecule has 0 bridgehead atoms. The van der Waals surface area contributed by atoms with Gasteiger partial charge in [0.15, 0.2) is 0 Å². The van der Waals surface area contributed by atoms with Crippen LogP contribution in [-0.2, 0) is 9.63 Å². The average Bonchev–Trinajstić information content (AvgIpc) is 2.09. The van der Waals surface area contributed by atoms with E-state index in [2.05, 4.69) is 4.90 Å². The maximum Gasteiger partial charge on any atom is 0.350 e. The van der Waals surface area contributed by atoms with Crippen molar-refractivity contribution in [2.24, 2.45) is 0 Å². The average molecular weight is 174 g/mol. The fraction of sp³-hybridized carbons (Fsp3) is 0.857. The lowest BCUT2D eigenvalue weighted by Gasteiger charge is -2.30. The SMILES string of the molecule is CN1CCN(OC(=O)CO)CC1. The minimum Gasteiger partial charge on any atom is -0.385 e. The van der Waals surface area contributed by atoms with Gasteiger partial charge < -0.3 is 14.8 Å². The second-order valence-corrected chi connectivity index (χ2v) is 2.85. The lowest BCUT2D eigenvalue weighted by Crippen LogP contribution is -2.45. The van der Waals surface area contributed by atoms with Gasteiger partial charge in [0.2, 0.25) is 0 Å². The zero-order valence-electron chi connectivity index (χ0n) is 7.19. The Morgan fingerprint density at radius 1 is 1.42 bits per heavy atom. The van der Waals surface area contributed by atoms with Gasteiger partial charge >= 0.3 is 5.97 Å². The van der Waals surface area contributed by atoms with Crippen LogP contribution in [0.2, 0.25) is 0 Å². The van der Waals surface area contributed by atoms with Gasteiger partial charge in [-0.05, 0) is 7.05 Å². The third-order valence-corrected chi connectivity index (χ3v) is 1.82. The molecule has 1 aliphatic heterocycles. The van der Waals surface area contributed by atoms with Gasteiger partial charge in [0, 0.05) is 26.2 Å². The summed E-state index contributed by atoms with van der Waals surface area (Å²) in [5.74, 6) is -0.584. The zero-order valence-corrected chi connectivity index (χ0v) is 7.19. The summed E-state index contributed by atoms with van der Waals surface area (Å²) < 4.78 is 0. The summed E-state index contributed by atoms with van der Waals surface area (Å²) >= 11 is 0. The fourth-order valence-electron chi connectivity index (χ4n) is 1.05. The van der Waals surface area contributed by atoms with Gasteiger partial charge in [-0.25, -0.2) is 4.79 Å². The van der Waals surface area contributed by atoms with E-state index in [-0.39, 0.29) is 0 Å². The summed E-state index contributed by atoms with van der Waals surface area (Å²) in [6.07, 6.45) is 0. The Morgan fingerprint density at radius 3 is 2.50 bits per heavy atom. The molecular formula is C7H14N2O3. The molecule has 0 aromatic heterocycles. The van der Waals surface area contributed by atoms with Crippen molar-refractivity contribution in [2.45, 2.75) is 0 Å². The highest BCUT2D eigenvalue weighted by molar-refractivity contribution is 5.69. The van der Waals surface area contributed by atoms with E-state index in [0.717, 1.165) is 13.1 Å². The van der Waals surface area contributed by atoms with Gasteiger partial charge in [0.1, 0.15) is 6.61 Å². The molecule has 1 heterocycles. The number of aliphatic hydroxyl groups is 1. The first-order chi connectivity index (χ1) is 5.72. The van der Waals surface area contributed by atoms with Crippen LogP contribution in [0.25, 0.3) is 0 Å². The molecule has 0 amide bonds. The van der Waals surface area contributed by atoms with Crippen LogP contribution < -0.4 is 0 Å². The molecule has 1 fully saturated rings. The van der Waals surface area contributed by atoms with Crippen LogP contribution in [0, 0.1) is 0 Å². The lowest BCUT2D eigenvalue weighted by molar-refractivity contribution is -0.199. The van der Waals surface area contributed by atoms with E-state index in [4.69, 9.17) is 9.94 Å². The van der Waals surface area contributed by atoms with Crippen molar-refractivity contribution in [3.05, 3.63) is 0 Å². The van der Waals surface area contributed by atoms with Crippen molar-refractivity contribution in [1.82, 2.24) is 9.96 Å². The Morgan fingerprint density at radius 2 is 2.00 bits per heavy atom. The van der Waals surface area contributed by atoms with Crippen LogP contribution in [0.3, 0.4) is 0 Å². The highest BCUT2D eigenvalue weighted by Gasteiger charge is 2.16. The van der Waals surface area contributed by atoms with Crippen molar-refractivity contribution in [3.63, 3.8) is 0 Å². The minimum atomic E-state index is -0.584. The Hall–Kier alpha value is -0.650. The van der Waals surface area contributed by atoms with E-state index in [1.165, 1.54) is 0 Å². The summed E-state index contributed by atoms with van der Waals surface area (Å²) in [6.45, 7) is 2.65. The monoisotopic (exact) mass is 174 g/mol. The predicted molar refractivity (Wildman–Crippen MR) is 42.2 cm³/mol. The number of nitrogens with zero attached hydrogens (tertiary/aromatic N) is 2. The molecule has 5 heteroatoms. The van der Waals surface area contributed by atoms with E-state index in [1.807, 2.05) is 7.05 Å². The van der Waals surface area contributed by atoms with Crippen molar-refractivity contribution in [3.8, 4) is 0 Å². The number of aliphatic hydroxyl groups excluding tert-OH is 1. The van der Waals surface area contributed by atoms with Crippen molar-refractivity contribution in [2.75, 3.05) is 39.8 Å². The van der Waals surface area contributed by atoms with E-state index in [9.17, 15) is 4.79 Å². The van der Waals surface area contributed by atoms with Crippen LogP contribution in [0.5, 0.6) is 0 Å². The summed E-state index contributed by atoms with van der Waals surface area (Å²) in [5.41, 5.74) is 0. The second-order valence-electron chi connectivity index (χ2n) is 2.85. The standard InChI is InChI=1S/C7H14N2O3/c1-8-2-4-9(5-3-8)12-7(11)6-10/h10H,2-6H2,1H3. The van der Waals surface area contributed by atoms with Crippen LogP contribution in [-0.4, -0.2) is 60.9 Å². The second kappa shape index (κ2) is 4.39. The van der Waals surface area contributed by atoms with Crippen LogP contribution in [0.1, 0.15) is 0 Å². The summed E-state index contributed by atoms with van der Waals surface area (Å²) in [5, 5.41) is 9.99. The largest absolute Gasteiger partial charge is 0.385 e. The summed E-state index contributed by atoms with van der Waals surface area (Å²) in [6, 6.07) is 0. The van der Waals surface area contributed by atoms with E-state index < -0.39 is 12.6 Å². The first kappa shape index (κ1) is 9.44. The highest BCUT2D eigenvalue weighted by Crippen LogP contribution is 1.99. The fourth-order valence-corrected chi connectivity index (χ4v) is 1.05. The summed E-state index contributed by atoms with van der Waals surface area (Å²) in [4.78, 5) is 17.6. The molecule has 0 aromatic rings. The van der Waals surface area contributed by atoms with E-state index in [0.29, 0.717) is 13.1 Å². The number of carbonyl (C=O) groups is 1. The lowest BCUT2D eigenvalue weighted by atomic mass is 10.4. The third-order valence-electron chi connectivity index (χ3n) is 1.82. The van der Waals surface area contributed by atoms with Gasteiger partial charge in [-0.1, -0.05) is 0 Å². The van der Waals surface area contributed by atoms with Gasteiger partial charge in [0.25, 0.3) is 0 Å². The predicted octanol–water partition coefficient (Wildman–Crippen LogP) is -1.32. The number of piperazine rings is 1. The van der Waals surface area contributed by atoms with Crippen molar-refractivity contribution in [1.29, 1.82) is 0 Å². The molecule has 0 unspecified atom stereocenters. The van der Waals surface area contributed by atoms with Gasteiger partial charge in [-0.3, -0.25) is 0 Å². The number of hydrogen-bond donors (Lipinski definition) is 1. The third kappa shape index (κ3) is 2.77. The maximum absolute atomic E-state index is 10.6. The van der Waals surface area contributed by atoms with Crippen molar-refractivity contribution < 1.29 is 14.7 Å². The van der Waals surface area contributed by atoms with Gasteiger partial charge in [-0.2, -0.15) is 0 Å².